The average molecular weight is 266 g/mol. The summed E-state index contributed by atoms with van der Waals surface area (Å²) < 4.78 is 0. The normalized spacial score (nSPS) is 24.5. The first-order valence-electron chi connectivity index (χ1n) is 6.66. The number of hydrogen-bond acceptors (Lipinski definition) is 4. The Balaban J connectivity index is 1.98. The Labute approximate surface area is 113 Å². The minimum Gasteiger partial charge on any atom is -0.388 e. The average Bonchev–Trinajstić information content (AvgIpc) is 2.79. The quantitative estimate of drug-likeness (QED) is 0.827. The van der Waals surface area contributed by atoms with Crippen molar-refractivity contribution < 1.29 is 9.90 Å². The first-order valence-corrected chi connectivity index (χ1v) is 6.66. The van der Waals surface area contributed by atoms with Crippen LogP contribution in [0, 0.1) is 0 Å². The number of hydrogen-bond donors (Lipinski definition) is 2. The summed E-state index contributed by atoms with van der Waals surface area (Å²) in [7, 11) is 3.91. The maximum absolute atomic E-state index is 12.2. The molecule has 1 fully saturated rings. The molecule has 0 aliphatic carbocycles. The zero-order chi connectivity index (χ0) is 13.9. The number of likely N-dealkylation sites (N-methyl/N-ethyl adjacent to an activating group) is 1. The maximum Gasteiger partial charge on any atom is 0.271 e. The first-order chi connectivity index (χ1) is 9.00. The van der Waals surface area contributed by atoms with Gasteiger partial charge in [0, 0.05) is 25.8 Å². The van der Waals surface area contributed by atoms with E-state index in [1.54, 1.807) is 17.2 Å². The number of nitrogens with one attached hydrogen (secondary N) is 1. The highest BCUT2D eigenvalue weighted by atomic mass is 16.3. The first kappa shape index (κ1) is 14.0. The van der Waals surface area contributed by atoms with Gasteiger partial charge in [-0.1, -0.05) is 0 Å². The number of aliphatic hydroxyl groups is 1. The van der Waals surface area contributed by atoms with Gasteiger partial charge in [0.05, 0.1) is 5.60 Å². The smallest absolute Gasteiger partial charge is 0.271 e. The Morgan fingerprint density at radius 1 is 1.53 bits per heavy atom. The zero-order valence-corrected chi connectivity index (χ0v) is 11.6. The summed E-state index contributed by atoms with van der Waals surface area (Å²) >= 11 is 0. The minimum absolute atomic E-state index is 0.0356. The van der Waals surface area contributed by atoms with Crippen LogP contribution in [0.2, 0.25) is 0 Å². The highest BCUT2D eigenvalue weighted by Gasteiger charge is 2.32. The van der Waals surface area contributed by atoms with Crippen LogP contribution in [0.1, 0.15) is 29.8 Å². The Morgan fingerprint density at radius 2 is 2.32 bits per heavy atom. The van der Waals surface area contributed by atoms with Crippen LogP contribution in [-0.4, -0.2) is 70.3 Å². The van der Waals surface area contributed by atoms with Crippen molar-refractivity contribution in [2.24, 2.45) is 0 Å². The molecular weight excluding hydrogens is 244 g/mol. The second-order valence-electron chi connectivity index (χ2n) is 5.58. The summed E-state index contributed by atoms with van der Waals surface area (Å²) in [4.78, 5) is 16.0. The van der Waals surface area contributed by atoms with Crippen LogP contribution in [0.15, 0.2) is 12.3 Å². The molecule has 0 unspecified atom stereocenters. The Kier molecular flexibility index (Phi) is 4.21. The molecule has 2 rings (SSSR count). The second kappa shape index (κ2) is 5.71. The van der Waals surface area contributed by atoms with E-state index in [4.69, 9.17) is 0 Å². The van der Waals surface area contributed by atoms with E-state index in [2.05, 4.69) is 10.2 Å². The number of aromatic nitrogens is 2. The fourth-order valence-corrected chi connectivity index (χ4v) is 2.67. The van der Waals surface area contributed by atoms with Gasteiger partial charge in [0.15, 0.2) is 0 Å². The molecule has 2 N–H and O–H groups in total. The number of nitrogens with zero attached hydrogens (tertiary/aromatic N) is 3. The van der Waals surface area contributed by atoms with Crippen molar-refractivity contribution >= 4 is 5.91 Å². The van der Waals surface area contributed by atoms with E-state index < -0.39 is 5.60 Å². The molecule has 19 heavy (non-hydrogen) atoms. The second-order valence-corrected chi connectivity index (χ2v) is 5.58. The lowest BCUT2D eigenvalue weighted by Gasteiger charge is -2.29. The summed E-state index contributed by atoms with van der Waals surface area (Å²) in [5, 5.41) is 17.0. The van der Waals surface area contributed by atoms with Gasteiger partial charge >= 0.3 is 0 Å². The van der Waals surface area contributed by atoms with Crippen molar-refractivity contribution in [1.29, 1.82) is 0 Å². The van der Waals surface area contributed by atoms with Gasteiger partial charge in [0.1, 0.15) is 5.69 Å². The van der Waals surface area contributed by atoms with Gasteiger partial charge in [-0.05, 0) is 39.4 Å². The third kappa shape index (κ3) is 3.54. The molecule has 6 nitrogen and oxygen atoms in total. The number of rotatable bonds is 3. The van der Waals surface area contributed by atoms with Crippen molar-refractivity contribution in [3.63, 3.8) is 0 Å². The lowest BCUT2D eigenvalue weighted by atomic mass is 9.94. The number of H-pyrrole nitrogens is 1. The van der Waals surface area contributed by atoms with Crippen molar-refractivity contribution in [2.45, 2.75) is 24.9 Å². The molecule has 1 aromatic rings. The highest BCUT2D eigenvalue weighted by molar-refractivity contribution is 5.92. The van der Waals surface area contributed by atoms with Crippen molar-refractivity contribution in [1.82, 2.24) is 20.0 Å². The molecule has 1 aromatic heterocycles. The molecule has 6 heteroatoms. The Hall–Kier alpha value is -1.40. The monoisotopic (exact) mass is 266 g/mol. The van der Waals surface area contributed by atoms with Gasteiger partial charge in [-0.15, -0.1) is 0 Å². The topological polar surface area (TPSA) is 72.5 Å². The highest BCUT2D eigenvalue weighted by Crippen LogP contribution is 2.23. The summed E-state index contributed by atoms with van der Waals surface area (Å²) in [6.07, 6.45) is 3.75. The van der Waals surface area contributed by atoms with Gasteiger partial charge in [0.2, 0.25) is 0 Å². The van der Waals surface area contributed by atoms with E-state index in [1.165, 1.54) is 0 Å². The molecule has 0 bridgehead atoms. The third-order valence-electron chi connectivity index (χ3n) is 3.55. The molecule has 0 saturated carbocycles. The Morgan fingerprint density at radius 3 is 2.95 bits per heavy atom. The molecule has 1 atom stereocenters. The summed E-state index contributed by atoms with van der Waals surface area (Å²) in [6, 6.07) is 1.68. The van der Waals surface area contributed by atoms with Gasteiger partial charge in [-0.25, -0.2) is 0 Å². The lowest BCUT2D eigenvalue weighted by molar-refractivity contribution is 0.00303. The van der Waals surface area contributed by atoms with E-state index in [1.807, 2.05) is 19.0 Å². The van der Waals surface area contributed by atoms with Gasteiger partial charge in [0.25, 0.3) is 5.91 Å². The summed E-state index contributed by atoms with van der Waals surface area (Å²) in [5.74, 6) is -0.0356. The maximum atomic E-state index is 12.2. The van der Waals surface area contributed by atoms with Gasteiger partial charge in [-0.3, -0.25) is 9.89 Å². The van der Waals surface area contributed by atoms with Crippen molar-refractivity contribution in [3.05, 3.63) is 18.0 Å². The van der Waals surface area contributed by atoms with Gasteiger partial charge in [-0.2, -0.15) is 5.10 Å². The molecule has 1 saturated heterocycles. The van der Waals surface area contributed by atoms with Crippen molar-refractivity contribution in [2.75, 3.05) is 33.7 Å². The molecule has 0 aromatic carbocycles. The van der Waals surface area contributed by atoms with E-state index >= 15 is 0 Å². The fourth-order valence-electron chi connectivity index (χ4n) is 2.67. The number of amides is 1. The molecule has 1 amide bonds. The molecule has 0 spiro atoms. The van der Waals surface area contributed by atoms with E-state index in [-0.39, 0.29) is 5.91 Å². The number of aromatic amines is 1. The van der Waals surface area contributed by atoms with Gasteiger partial charge < -0.3 is 14.9 Å². The molecule has 106 valence electrons. The Bertz CT molecular complexity index is 418. The van der Waals surface area contributed by atoms with Crippen LogP contribution < -0.4 is 0 Å². The van der Waals surface area contributed by atoms with E-state index in [9.17, 15) is 9.90 Å². The predicted molar refractivity (Wildman–Crippen MR) is 71.8 cm³/mol. The standard InChI is InChI=1S/C13H22N4O2/c1-16(2)10-13(19)5-3-8-17(9-6-13)12(18)11-4-7-14-15-11/h4,7,19H,3,5-6,8-10H2,1-2H3,(H,14,15)/t13-/m0/s1. The van der Waals surface area contributed by atoms with Crippen LogP contribution in [0.25, 0.3) is 0 Å². The van der Waals surface area contributed by atoms with Crippen molar-refractivity contribution in [3.8, 4) is 0 Å². The largest absolute Gasteiger partial charge is 0.388 e. The fraction of sp³-hybridized carbons (Fsp3) is 0.692. The van der Waals surface area contributed by atoms with Crippen LogP contribution in [0.3, 0.4) is 0 Å². The molecule has 2 heterocycles. The molecular formula is C13H22N4O2. The lowest BCUT2D eigenvalue weighted by Crippen LogP contribution is -2.41. The number of carbonyl (C=O) groups is 1. The van der Waals surface area contributed by atoms with Crippen LogP contribution >= 0.6 is 0 Å². The summed E-state index contributed by atoms with van der Waals surface area (Å²) in [6.45, 7) is 1.91. The minimum atomic E-state index is -0.688. The zero-order valence-electron chi connectivity index (χ0n) is 11.6. The molecule has 0 radical (unpaired) electrons. The summed E-state index contributed by atoms with van der Waals surface area (Å²) in [5.41, 5.74) is -0.176. The van der Waals surface area contributed by atoms with Crippen LogP contribution in [0.4, 0.5) is 0 Å². The SMILES string of the molecule is CN(C)C[C@]1(O)CCCN(C(=O)c2ccn[nH]2)CC1. The third-order valence-corrected chi connectivity index (χ3v) is 3.55. The predicted octanol–water partition coefficient (Wildman–Crippen LogP) is 0.328. The van der Waals surface area contributed by atoms with E-state index in [0.717, 1.165) is 12.8 Å². The molecule has 1 aliphatic rings. The number of likely N-dealkylation sites (tertiary alicyclic amines) is 1. The molecule has 1 aliphatic heterocycles. The van der Waals surface area contributed by atoms with Crippen LogP contribution in [0.5, 0.6) is 0 Å². The van der Waals surface area contributed by atoms with E-state index in [0.29, 0.717) is 31.7 Å². The number of carbonyl (C=O) groups excluding carboxylic acids is 1. The van der Waals surface area contributed by atoms with Crippen LogP contribution in [-0.2, 0) is 0 Å².